The highest BCUT2D eigenvalue weighted by Gasteiger charge is 2.21. The van der Waals surface area contributed by atoms with E-state index < -0.39 is 11.8 Å². The fraction of sp³-hybridized carbons (Fsp3) is 0.261. The van der Waals surface area contributed by atoms with Gasteiger partial charge in [0.1, 0.15) is 6.04 Å². The maximum atomic E-state index is 12.8. The lowest BCUT2D eigenvalue weighted by molar-refractivity contribution is -0.118. The van der Waals surface area contributed by atoms with Crippen LogP contribution in [0.25, 0.3) is 22.4 Å². The molecule has 2 aromatic heterocycles. The Morgan fingerprint density at radius 2 is 1.88 bits per heavy atom. The van der Waals surface area contributed by atoms with Crippen molar-refractivity contribution in [3.8, 4) is 11.3 Å². The van der Waals surface area contributed by atoms with Crippen LogP contribution in [0.1, 0.15) is 13.0 Å². The van der Waals surface area contributed by atoms with Gasteiger partial charge in [-0.3, -0.25) is 9.36 Å². The summed E-state index contributed by atoms with van der Waals surface area (Å²) in [7, 11) is 0. The van der Waals surface area contributed by atoms with Crippen molar-refractivity contribution in [3.05, 3.63) is 64.5 Å². The Kier molecular flexibility index (Phi) is 5.50. The smallest absolute Gasteiger partial charge is 0.408 e. The van der Waals surface area contributed by atoms with E-state index in [-0.39, 0.29) is 5.91 Å². The minimum atomic E-state index is -0.722. The van der Waals surface area contributed by atoms with Gasteiger partial charge in [-0.1, -0.05) is 24.3 Å². The number of morpholine rings is 1. The zero-order valence-electron chi connectivity index (χ0n) is 17.5. The highest BCUT2D eigenvalue weighted by Crippen LogP contribution is 2.29. The lowest BCUT2D eigenvalue weighted by Crippen LogP contribution is -2.36. The van der Waals surface area contributed by atoms with E-state index in [1.165, 1.54) is 4.57 Å². The Morgan fingerprint density at radius 1 is 1.12 bits per heavy atom. The third kappa shape index (κ3) is 3.92. The molecular weight excluding hydrogens is 428 g/mol. The second-order valence-electron chi connectivity index (χ2n) is 7.56. The van der Waals surface area contributed by atoms with Crippen LogP contribution >= 0.6 is 11.3 Å². The molecule has 0 radical (unpaired) electrons. The topological polar surface area (TPSA) is 89.6 Å². The van der Waals surface area contributed by atoms with E-state index in [0.717, 1.165) is 42.7 Å². The second kappa shape index (κ2) is 8.60. The minimum absolute atomic E-state index is 0.297. The maximum Gasteiger partial charge on any atom is 0.420 e. The molecule has 1 aliphatic heterocycles. The van der Waals surface area contributed by atoms with Crippen molar-refractivity contribution in [3.63, 3.8) is 0 Å². The van der Waals surface area contributed by atoms with Crippen LogP contribution in [0.3, 0.4) is 0 Å². The first-order valence-electron chi connectivity index (χ1n) is 10.4. The first-order valence-corrected chi connectivity index (χ1v) is 11.3. The number of para-hydroxylation sites is 2. The molecular formula is C23H22N4O4S. The van der Waals surface area contributed by atoms with Crippen LogP contribution in [0.15, 0.2) is 63.1 Å². The van der Waals surface area contributed by atoms with Gasteiger partial charge in [-0.05, 0) is 31.2 Å². The molecule has 9 heteroatoms. The summed E-state index contributed by atoms with van der Waals surface area (Å²) in [5.74, 6) is -0.849. The number of benzene rings is 2. The van der Waals surface area contributed by atoms with Crippen LogP contribution in [0.5, 0.6) is 0 Å². The standard InChI is InChI=1S/C23H22N4O4S/c1-15(27-19-4-2-3-5-20(19)31-23(27)29)21(28)24-17-8-6-16(7-9-17)18-14-32-22(25-18)26-10-12-30-13-11-26/h2-9,14-15H,10-13H2,1H3,(H,24,28)/t15-/m1/s1. The van der Waals surface area contributed by atoms with E-state index in [1.54, 1.807) is 42.5 Å². The Labute approximate surface area is 188 Å². The quantitative estimate of drug-likeness (QED) is 0.498. The Hall–Kier alpha value is -3.43. The maximum absolute atomic E-state index is 12.8. The van der Waals surface area contributed by atoms with Crippen molar-refractivity contribution >= 4 is 39.2 Å². The lowest BCUT2D eigenvalue weighted by Gasteiger charge is -2.26. The molecule has 1 aliphatic rings. The average Bonchev–Trinajstić information content (AvgIpc) is 3.44. The molecule has 8 nitrogen and oxygen atoms in total. The van der Waals surface area contributed by atoms with Crippen molar-refractivity contribution in [2.75, 3.05) is 36.5 Å². The van der Waals surface area contributed by atoms with Crippen molar-refractivity contribution in [1.82, 2.24) is 9.55 Å². The number of anilines is 2. The monoisotopic (exact) mass is 450 g/mol. The van der Waals surface area contributed by atoms with Crippen molar-refractivity contribution in [2.24, 2.45) is 0 Å². The number of carbonyl (C=O) groups is 1. The number of nitrogens with one attached hydrogen (secondary N) is 1. The van der Waals surface area contributed by atoms with E-state index in [9.17, 15) is 9.59 Å². The van der Waals surface area contributed by atoms with Crippen LogP contribution in [0, 0.1) is 0 Å². The molecule has 0 bridgehead atoms. The number of carbonyl (C=O) groups excluding carboxylic acids is 1. The van der Waals surface area contributed by atoms with E-state index >= 15 is 0 Å². The number of amides is 1. The van der Waals surface area contributed by atoms with E-state index in [1.807, 2.05) is 29.6 Å². The van der Waals surface area contributed by atoms with Crippen LogP contribution in [-0.2, 0) is 9.53 Å². The SMILES string of the molecule is C[C@H](C(=O)Nc1ccc(-c2csc(N3CCOCC3)n2)cc1)n1c(=O)oc2ccccc21. The van der Waals surface area contributed by atoms with Gasteiger partial charge in [0, 0.05) is 29.7 Å². The summed E-state index contributed by atoms with van der Waals surface area (Å²) in [6.07, 6.45) is 0. The van der Waals surface area contributed by atoms with Crippen molar-refractivity contribution in [1.29, 1.82) is 0 Å². The molecule has 3 heterocycles. The summed E-state index contributed by atoms with van der Waals surface area (Å²) in [5.41, 5.74) is 3.58. The van der Waals surface area contributed by atoms with Gasteiger partial charge in [0.15, 0.2) is 10.7 Å². The van der Waals surface area contributed by atoms with Gasteiger partial charge in [-0.15, -0.1) is 11.3 Å². The first-order chi connectivity index (χ1) is 15.6. The molecule has 0 spiro atoms. The second-order valence-corrected chi connectivity index (χ2v) is 8.40. The number of hydrogen-bond donors (Lipinski definition) is 1. The summed E-state index contributed by atoms with van der Waals surface area (Å²) in [6.45, 7) is 4.83. The van der Waals surface area contributed by atoms with Gasteiger partial charge in [0.25, 0.3) is 0 Å². The number of oxazole rings is 1. The first kappa shape index (κ1) is 20.5. The molecule has 0 aliphatic carbocycles. The lowest BCUT2D eigenvalue weighted by atomic mass is 10.1. The summed E-state index contributed by atoms with van der Waals surface area (Å²) in [5, 5.41) is 5.91. The van der Waals surface area contributed by atoms with Crippen LogP contribution in [0.2, 0.25) is 0 Å². The summed E-state index contributed by atoms with van der Waals surface area (Å²) < 4.78 is 12.0. The number of fused-ring (bicyclic) bond motifs is 1. The molecule has 1 N–H and O–H groups in total. The zero-order chi connectivity index (χ0) is 22.1. The molecule has 4 aromatic rings. The molecule has 0 unspecified atom stereocenters. The van der Waals surface area contributed by atoms with Gasteiger partial charge >= 0.3 is 5.76 Å². The number of thiazole rings is 1. The van der Waals surface area contributed by atoms with Gasteiger partial charge < -0.3 is 19.4 Å². The highest BCUT2D eigenvalue weighted by atomic mass is 32.1. The molecule has 32 heavy (non-hydrogen) atoms. The van der Waals surface area contributed by atoms with Gasteiger partial charge in [0.05, 0.1) is 24.4 Å². The number of nitrogens with zero attached hydrogens (tertiary/aromatic N) is 3. The normalized spacial score (nSPS) is 15.1. The van der Waals surface area contributed by atoms with Gasteiger partial charge in [-0.25, -0.2) is 9.78 Å². The fourth-order valence-corrected chi connectivity index (χ4v) is 4.62. The van der Waals surface area contributed by atoms with E-state index in [2.05, 4.69) is 10.2 Å². The molecule has 1 amide bonds. The fourth-order valence-electron chi connectivity index (χ4n) is 3.74. The van der Waals surface area contributed by atoms with E-state index in [0.29, 0.717) is 16.8 Å². The number of aromatic nitrogens is 2. The highest BCUT2D eigenvalue weighted by molar-refractivity contribution is 7.14. The molecule has 5 rings (SSSR count). The summed E-state index contributed by atoms with van der Waals surface area (Å²) in [6, 6.07) is 13.9. The van der Waals surface area contributed by atoms with Crippen LogP contribution in [-0.4, -0.2) is 41.8 Å². The molecule has 164 valence electrons. The van der Waals surface area contributed by atoms with Crippen molar-refractivity contribution < 1.29 is 13.9 Å². The molecule has 2 aromatic carbocycles. The van der Waals surface area contributed by atoms with Crippen LogP contribution < -0.4 is 16.0 Å². The molecule has 1 atom stereocenters. The largest absolute Gasteiger partial charge is 0.420 e. The van der Waals surface area contributed by atoms with E-state index in [4.69, 9.17) is 14.1 Å². The Balaban J connectivity index is 1.29. The molecule has 0 saturated carbocycles. The Morgan fingerprint density at radius 3 is 2.66 bits per heavy atom. The minimum Gasteiger partial charge on any atom is -0.408 e. The number of ether oxygens (including phenoxy) is 1. The predicted molar refractivity (Wildman–Crippen MR) is 124 cm³/mol. The molecule has 1 saturated heterocycles. The van der Waals surface area contributed by atoms with Crippen molar-refractivity contribution in [2.45, 2.75) is 13.0 Å². The summed E-state index contributed by atoms with van der Waals surface area (Å²) >= 11 is 1.62. The summed E-state index contributed by atoms with van der Waals surface area (Å²) in [4.78, 5) is 32.0. The Bertz CT molecular complexity index is 1300. The third-order valence-corrected chi connectivity index (χ3v) is 6.41. The van der Waals surface area contributed by atoms with Crippen LogP contribution in [0.4, 0.5) is 10.8 Å². The number of hydrogen-bond acceptors (Lipinski definition) is 7. The number of rotatable bonds is 5. The average molecular weight is 451 g/mol. The third-order valence-electron chi connectivity index (χ3n) is 5.51. The zero-order valence-corrected chi connectivity index (χ0v) is 18.3. The molecule has 1 fully saturated rings. The van der Waals surface area contributed by atoms with Gasteiger partial charge in [0.2, 0.25) is 5.91 Å². The predicted octanol–water partition coefficient (Wildman–Crippen LogP) is 3.75. The van der Waals surface area contributed by atoms with Gasteiger partial charge in [-0.2, -0.15) is 0 Å².